The molecule has 6 nitrogen and oxygen atoms in total. The van der Waals surface area contributed by atoms with Crippen LogP contribution < -0.4 is 10.6 Å². The average molecular weight is 391 g/mol. The maximum Gasteiger partial charge on any atom is 0.191 e. The van der Waals surface area contributed by atoms with Gasteiger partial charge in [-0.25, -0.2) is 0 Å². The predicted molar refractivity (Wildman–Crippen MR) is 116 cm³/mol. The third-order valence-corrected chi connectivity index (χ3v) is 5.12. The van der Waals surface area contributed by atoms with Crippen LogP contribution >= 0.6 is 0 Å². The molecule has 1 atom stereocenters. The van der Waals surface area contributed by atoms with Crippen LogP contribution in [-0.2, 0) is 10.2 Å². The van der Waals surface area contributed by atoms with E-state index < -0.39 is 5.60 Å². The molecular weight excluding hydrogens is 352 g/mol. The van der Waals surface area contributed by atoms with Crippen LogP contribution in [0, 0.1) is 6.92 Å². The number of β-amino-alcohol motifs (C(OH)–C–C–N with tert-alkyl or cyclic N) is 1. The highest BCUT2D eigenvalue weighted by Gasteiger charge is 2.26. The van der Waals surface area contributed by atoms with Gasteiger partial charge in [0.05, 0.1) is 25.4 Å². The highest BCUT2D eigenvalue weighted by atomic mass is 16.5. The molecule has 0 aromatic heterocycles. The van der Waals surface area contributed by atoms with Crippen LogP contribution in [0.5, 0.6) is 0 Å². The number of morpholine rings is 1. The smallest absolute Gasteiger partial charge is 0.191 e. The summed E-state index contributed by atoms with van der Waals surface area (Å²) in [5, 5.41) is 17.5. The van der Waals surface area contributed by atoms with Gasteiger partial charge in [-0.05, 0) is 26.3 Å². The van der Waals surface area contributed by atoms with Gasteiger partial charge in [0.25, 0.3) is 0 Å². The maximum absolute atomic E-state index is 10.8. The predicted octanol–water partition coefficient (Wildman–Crippen LogP) is 1.91. The molecule has 2 rings (SSSR count). The van der Waals surface area contributed by atoms with Gasteiger partial charge in [-0.2, -0.15) is 0 Å². The fourth-order valence-corrected chi connectivity index (χ4v) is 3.29. The first-order chi connectivity index (χ1) is 13.2. The third-order valence-electron chi connectivity index (χ3n) is 5.12. The monoisotopic (exact) mass is 390 g/mol. The summed E-state index contributed by atoms with van der Waals surface area (Å²) >= 11 is 0. The van der Waals surface area contributed by atoms with Crippen LogP contribution in [0.3, 0.4) is 0 Å². The number of aliphatic imine (C=N–C) groups is 1. The van der Waals surface area contributed by atoms with Crippen molar-refractivity contribution < 1.29 is 9.84 Å². The molecule has 0 radical (unpaired) electrons. The fourth-order valence-electron chi connectivity index (χ4n) is 3.29. The first-order valence-corrected chi connectivity index (χ1v) is 10.3. The van der Waals surface area contributed by atoms with Crippen molar-refractivity contribution in [1.29, 1.82) is 0 Å². The van der Waals surface area contributed by atoms with Crippen LogP contribution in [0.4, 0.5) is 0 Å². The second-order valence-electron chi connectivity index (χ2n) is 8.68. The topological polar surface area (TPSA) is 69.1 Å². The van der Waals surface area contributed by atoms with Crippen molar-refractivity contribution in [2.75, 3.05) is 52.5 Å². The van der Waals surface area contributed by atoms with Crippen LogP contribution in [-0.4, -0.2) is 74.0 Å². The van der Waals surface area contributed by atoms with E-state index in [9.17, 15) is 5.11 Å². The number of rotatable bonds is 8. The fraction of sp³-hybridized carbons (Fsp3) is 0.682. The van der Waals surface area contributed by atoms with Crippen molar-refractivity contribution in [2.45, 2.75) is 45.6 Å². The number of hydrogen-bond acceptors (Lipinski definition) is 4. The Labute approximate surface area is 170 Å². The summed E-state index contributed by atoms with van der Waals surface area (Å²) in [6.45, 7) is 16.1. The van der Waals surface area contributed by atoms with E-state index >= 15 is 0 Å². The van der Waals surface area contributed by atoms with Crippen molar-refractivity contribution in [3.05, 3.63) is 35.4 Å². The Morgan fingerprint density at radius 2 is 1.79 bits per heavy atom. The summed E-state index contributed by atoms with van der Waals surface area (Å²) in [5.41, 5.74) is 1.66. The van der Waals surface area contributed by atoms with Gasteiger partial charge in [-0.15, -0.1) is 0 Å². The first-order valence-electron chi connectivity index (χ1n) is 10.3. The molecule has 1 fully saturated rings. The lowest BCUT2D eigenvalue weighted by atomic mass is 9.84. The van der Waals surface area contributed by atoms with Crippen LogP contribution in [0.15, 0.2) is 29.3 Å². The molecule has 3 N–H and O–H groups in total. The second kappa shape index (κ2) is 10.2. The van der Waals surface area contributed by atoms with E-state index in [4.69, 9.17) is 4.74 Å². The number of hydrogen-bond donors (Lipinski definition) is 3. The zero-order valence-corrected chi connectivity index (χ0v) is 18.2. The normalized spacial score (nSPS) is 18.6. The molecule has 0 amide bonds. The van der Waals surface area contributed by atoms with E-state index in [0.717, 1.165) is 45.4 Å². The number of guanidine groups is 1. The maximum atomic E-state index is 10.8. The Morgan fingerprint density at radius 3 is 2.39 bits per heavy atom. The van der Waals surface area contributed by atoms with E-state index in [0.29, 0.717) is 13.1 Å². The van der Waals surface area contributed by atoms with Gasteiger partial charge in [0, 0.05) is 38.1 Å². The van der Waals surface area contributed by atoms with Crippen LogP contribution in [0.2, 0.25) is 0 Å². The number of nitrogens with one attached hydrogen (secondary N) is 2. The molecule has 1 unspecified atom stereocenters. The highest BCUT2D eigenvalue weighted by molar-refractivity contribution is 5.79. The van der Waals surface area contributed by atoms with Gasteiger partial charge >= 0.3 is 0 Å². The number of aryl methyl sites for hydroxylation is 1. The standard InChI is InChI=1S/C22H38N4O2/c1-6-23-20(24-15-21(3,4)19-9-7-18(2)8-10-19)25-16-22(5,27)17-26-11-13-28-14-12-26/h7-10,27H,6,11-17H2,1-5H3,(H2,23,24,25). The van der Waals surface area contributed by atoms with E-state index in [1.54, 1.807) is 0 Å². The summed E-state index contributed by atoms with van der Waals surface area (Å²) in [6.07, 6.45) is 0. The van der Waals surface area contributed by atoms with E-state index in [-0.39, 0.29) is 5.41 Å². The molecule has 0 aliphatic carbocycles. The molecule has 1 saturated heterocycles. The second-order valence-corrected chi connectivity index (χ2v) is 8.68. The van der Waals surface area contributed by atoms with Crippen LogP contribution in [0.1, 0.15) is 38.8 Å². The third kappa shape index (κ3) is 7.41. The van der Waals surface area contributed by atoms with Crippen molar-refractivity contribution in [3.8, 4) is 0 Å². The molecule has 1 aliphatic heterocycles. The lowest BCUT2D eigenvalue weighted by Crippen LogP contribution is -2.48. The van der Waals surface area contributed by atoms with Crippen molar-refractivity contribution in [1.82, 2.24) is 15.5 Å². The molecule has 1 heterocycles. The molecule has 0 spiro atoms. The zero-order valence-electron chi connectivity index (χ0n) is 18.2. The quantitative estimate of drug-likeness (QED) is 0.467. The molecule has 1 aliphatic rings. The molecule has 6 heteroatoms. The van der Waals surface area contributed by atoms with Gasteiger partial charge < -0.3 is 20.5 Å². The summed E-state index contributed by atoms with van der Waals surface area (Å²) in [7, 11) is 0. The Hall–Kier alpha value is -1.63. The Bertz CT molecular complexity index is 620. The summed E-state index contributed by atoms with van der Waals surface area (Å²) < 4.78 is 5.38. The molecule has 1 aromatic carbocycles. The lowest BCUT2D eigenvalue weighted by Gasteiger charge is -2.33. The number of ether oxygens (including phenoxy) is 1. The Morgan fingerprint density at radius 1 is 1.14 bits per heavy atom. The lowest BCUT2D eigenvalue weighted by molar-refractivity contribution is -0.0179. The number of nitrogens with zero attached hydrogens (tertiary/aromatic N) is 2. The minimum atomic E-state index is -0.869. The summed E-state index contributed by atoms with van der Waals surface area (Å²) in [4.78, 5) is 6.88. The molecule has 0 saturated carbocycles. The van der Waals surface area contributed by atoms with Gasteiger partial charge in [0.2, 0.25) is 0 Å². The summed E-state index contributed by atoms with van der Waals surface area (Å²) in [6, 6.07) is 8.68. The SMILES string of the molecule is CCNC(=NCC(C)(O)CN1CCOCC1)NCC(C)(C)c1ccc(C)cc1. The highest BCUT2D eigenvalue weighted by Crippen LogP contribution is 2.22. The summed E-state index contributed by atoms with van der Waals surface area (Å²) in [5.74, 6) is 0.741. The van der Waals surface area contributed by atoms with E-state index in [2.05, 4.69) is 65.6 Å². The van der Waals surface area contributed by atoms with E-state index in [1.165, 1.54) is 11.1 Å². The van der Waals surface area contributed by atoms with Gasteiger partial charge in [0.15, 0.2) is 5.96 Å². The first kappa shape index (κ1) is 22.7. The van der Waals surface area contributed by atoms with Gasteiger partial charge in [-0.1, -0.05) is 43.7 Å². The van der Waals surface area contributed by atoms with E-state index in [1.807, 2.05) is 13.8 Å². The Kier molecular flexibility index (Phi) is 8.28. The largest absolute Gasteiger partial charge is 0.387 e. The molecule has 0 bridgehead atoms. The zero-order chi connectivity index (χ0) is 20.6. The molecule has 158 valence electrons. The van der Waals surface area contributed by atoms with Crippen LogP contribution in [0.25, 0.3) is 0 Å². The van der Waals surface area contributed by atoms with Crippen molar-refractivity contribution >= 4 is 5.96 Å². The van der Waals surface area contributed by atoms with Crippen molar-refractivity contribution in [3.63, 3.8) is 0 Å². The minimum Gasteiger partial charge on any atom is -0.387 e. The molecule has 1 aromatic rings. The number of aliphatic hydroxyl groups is 1. The number of benzene rings is 1. The van der Waals surface area contributed by atoms with Crippen molar-refractivity contribution in [2.24, 2.45) is 4.99 Å². The minimum absolute atomic E-state index is 0.0276. The average Bonchev–Trinajstić information content (AvgIpc) is 2.65. The molecular formula is C22H38N4O2. The Balaban J connectivity index is 1.94. The molecule has 28 heavy (non-hydrogen) atoms. The van der Waals surface area contributed by atoms with Gasteiger partial charge in [0.1, 0.15) is 0 Å². The van der Waals surface area contributed by atoms with Gasteiger partial charge in [-0.3, -0.25) is 9.89 Å².